The Morgan fingerprint density at radius 3 is 2.14 bits per heavy atom. The van der Waals surface area contributed by atoms with Gasteiger partial charge in [-0.25, -0.2) is 0 Å². The van der Waals surface area contributed by atoms with Gasteiger partial charge in [0.2, 0.25) is 0 Å². The molecule has 2 rings (SSSR count). The maximum atomic E-state index is 11.9. The lowest BCUT2D eigenvalue weighted by Crippen LogP contribution is -2.50. The van der Waals surface area contributed by atoms with E-state index in [1.54, 1.807) is 0 Å². The average Bonchev–Trinajstić information content (AvgIpc) is 2.65. The Balaban J connectivity index is 1.69. The fraction of sp³-hybridized carbons (Fsp3) is 0.250. The number of carbonyl (C=O) groups excluding carboxylic acids is 1. The molecule has 0 saturated heterocycles. The van der Waals surface area contributed by atoms with Crippen molar-refractivity contribution in [3.63, 3.8) is 0 Å². The van der Waals surface area contributed by atoms with Crippen LogP contribution in [0.1, 0.15) is 26.3 Å². The van der Waals surface area contributed by atoms with Gasteiger partial charge in [0.25, 0.3) is 5.91 Å². The van der Waals surface area contributed by atoms with E-state index in [9.17, 15) is 4.79 Å². The summed E-state index contributed by atoms with van der Waals surface area (Å²) in [6.07, 6.45) is 0. The molecule has 0 heterocycles. The standard InChI is InChI=1S/C20H24N4O2S2/c1-20(2,3)14-9-11-16(12-10-14)26-13-17(25)22-19(28)24-23-18(27)21-15-7-5-4-6-8-15/h4-12H,13H2,1-3H3,(H2,21,23,27)(H2,22,24,25,28). The number of hydrogen-bond donors (Lipinski definition) is 4. The minimum absolute atomic E-state index is 0.0662. The third-order valence-corrected chi connectivity index (χ3v) is 4.07. The van der Waals surface area contributed by atoms with Crippen LogP contribution in [0.3, 0.4) is 0 Å². The molecule has 8 heteroatoms. The Morgan fingerprint density at radius 2 is 1.54 bits per heavy atom. The molecule has 0 spiro atoms. The van der Waals surface area contributed by atoms with Gasteiger partial charge in [0.05, 0.1) is 0 Å². The van der Waals surface area contributed by atoms with Gasteiger partial charge in [0.1, 0.15) is 5.75 Å². The van der Waals surface area contributed by atoms with Crippen LogP contribution in [0.25, 0.3) is 0 Å². The van der Waals surface area contributed by atoms with Gasteiger partial charge in [0, 0.05) is 5.69 Å². The van der Waals surface area contributed by atoms with Gasteiger partial charge in [-0.2, -0.15) is 0 Å². The summed E-state index contributed by atoms with van der Waals surface area (Å²) in [6, 6.07) is 17.1. The average molecular weight is 417 g/mol. The van der Waals surface area contributed by atoms with Crippen LogP contribution < -0.4 is 26.2 Å². The minimum Gasteiger partial charge on any atom is -0.484 e. The monoisotopic (exact) mass is 416 g/mol. The summed E-state index contributed by atoms with van der Waals surface area (Å²) in [5.41, 5.74) is 7.45. The van der Waals surface area contributed by atoms with E-state index in [4.69, 9.17) is 29.2 Å². The van der Waals surface area contributed by atoms with Crippen LogP contribution in [0.2, 0.25) is 0 Å². The van der Waals surface area contributed by atoms with E-state index in [0.29, 0.717) is 10.9 Å². The smallest absolute Gasteiger partial charge is 0.264 e. The number of nitrogens with one attached hydrogen (secondary N) is 4. The SMILES string of the molecule is CC(C)(C)c1ccc(OCC(=O)NC(=S)NNC(=S)Nc2ccccc2)cc1. The first-order valence-corrected chi connectivity index (χ1v) is 9.51. The Hall–Kier alpha value is -2.71. The van der Waals surface area contributed by atoms with E-state index >= 15 is 0 Å². The first-order chi connectivity index (χ1) is 13.2. The molecule has 28 heavy (non-hydrogen) atoms. The zero-order valence-electron chi connectivity index (χ0n) is 16.0. The summed E-state index contributed by atoms with van der Waals surface area (Å²) in [5.74, 6) is 0.245. The molecule has 0 radical (unpaired) electrons. The van der Waals surface area contributed by atoms with Gasteiger partial charge in [-0.3, -0.25) is 21.0 Å². The van der Waals surface area contributed by atoms with Crippen LogP contribution in [-0.2, 0) is 10.2 Å². The molecule has 6 nitrogen and oxygen atoms in total. The maximum Gasteiger partial charge on any atom is 0.264 e. The molecule has 1 amide bonds. The normalized spacial score (nSPS) is 10.5. The lowest BCUT2D eigenvalue weighted by molar-refractivity contribution is -0.121. The second-order valence-electron chi connectivity index (χ2n) is 7.01. The molecule has 2 aromatic carbocycles. The quantitative estimate of drug-likeness (QED) is 0.450. The Kier molecular flexibility index (Phi) is 7.71. The molecule has 0 bridgehead atoms. The Labute approximate surface area is 176 Å². The second-order valence-corrected chi connectivity index (χ2v) is 7.83. The number of benzene rings is 2. The van der Waals surface area contributed by atoms with E-state index < -0.39 is 0 Å². The maximum absolute atomic E-state index is 11.9. The second kappa shape index (κ2) is 10.0. The Bertz CT molecular complexity index is 818. The third kappa shape index (κ3) is 7.50. The molecule has 0 atom stereocenters. The number of hydrogen-bond acceptors (Lipinski definition) is 4. The number of carbonyl (C=O) groups is 1. The van der Waals surface area contributed by atoms with Gasteiger partial charge in [-0.1, -0.05) is 51.1 Å². The number of para-hydroxylation sites is 1. The van der Waals surface area contributed by atoms with Crippen molar-refractivity contribution < 1.29 is 9.53 Å². The van der Waals surface area contributed by atoms with Crippen molar-refractivity contribution in [1.29, 1.82) is 0 Å². The van der Waals surface area contributed by atoms with Crippen LogP contribution in [0, 0.1) is 0 Å². The van der Waals surface area contributed by atoms with E-state index in [1.165, 1.54) is 5.56 Å². The molecule has 4 N–H and O–H groups in total. The highest BCUT2D eigenvalue weighted by molar-refractivity contribution is 7.80. The molecular formula is C20H24N4O2S2. The van der Waals surface area contributed by atoms with Crippen molar-refractivity contribution in [1.82, 2.24) is 16.2 Å². The van der Waals surface area contributed by atoms with Crippen molar-refractivity contribution in [2.24, 2.45) is 0 Å². The summed E-state index contributed by atoms with van der Waals surface area (Å²) in [7, 11) is 0. The lowest BCUT2D eigenvalue weighted by Gasteiger charge is -2.19. The van der Waals surface area contributed by atoms with Crippen molar-refractivity contribution >= 4 is 46.3 Å². The van der Waals surface area contributed by atoms with Crippen molar-refractivity contribution in [3.05, 3.63) is 60.2 Å². The van der Waals surface area contributed by atoms with Gasteiger partial charge < -0.3 is 10.1 Å². The number of hydrazine groups is 1. The largest absolute Gasteiger partial charge is 0.484 e. The van der Waals surface area contributed by atoms with E-state index in [0.717, 1.165) is 5.69 Å². The highest BCUT2D eigenvalue weighted by Crippen LogP contribution is 2.24. The molecule has 0 aliphatic rings. The number of amides is 1. The molecule has 0 unspecified atom stereocenters. The number of ether oxygens (including phenoxy) is 1. The number of anilines is 1. The molecule has 0 fully saturated rings. The Morgan fingerprint density at radius 1 is 0.929 bits per heavy atom. The zero-order valence-corrected chi connectivity index (χ0v) is 17.7. The summed E-state index contributed by atoms with van der Waals surface area (Å²) in [4.78, 5) is 11.9. The summed E-state index contributed by atoms with van der Waals surface area (Å²) in [6.45, 7) is 6.27. The minimum atomic E-state index is -0.374. The number of rotatable bonds is 4. The molecule has 148 valence electrons. The molecular weight excluding hydrogens is 392 g/mol. The van der Waals surface area contributed by atoms with Crippen molar-refractivity contribution in [3.8, 4) is 5.75 Å². The highest BCUT2D eigenvalue weighted by Gasteiger charge is 2.13. The van der Waals surface area contributed by atoms with Crippen LogP contribution in [0.5, 0.6) is 5.75 Å². The van der Waals surface area contributed by atoms with Crippen LogP contribution >= 0.6 is 24.4 Å². The zero-order chi connectivity index (χ0) is 20.6. The van der Waals surface area contributed by atoms with Crippen molar-refractivity contribution in [2.75, 3.05) is 11.9 Å². The first-order valence-electron chi connectivity index (χ1n) is 8.69. The predicted molar refractivity (Wildman–Crippen MR) is 120 cm³/mol. The molecule has 0 aliphatic carbocycles. The number of thiocarbonyl (C=S) groups is 2. The first kappa shape index (κ1) is 21.6. The van der Waals surface area contributed by atoms with Crippen LogP contribution in [-0.4, -0.2) is 22.7 Å². The van der Waals surface area contributed by atoms with E-state index in [-0.39, 0.29) is 23.0 Å². The molecule has 0 saturated carbocycles. The van der Waals surface area contributed by atoms with E-state index in [2.05, 4.69) is 42.3 Å². The molecule has 0 aromatic heterocycles. The van der Waals surface area contributed by atoms with Gasteiger partial charge in [0.15, 0.2) is 16.8 Å². The molecule has 0 aliphatic heterocycles. The van der Waals surface area contributed by atoms with Crippen molar-refractivity contribution in [2.45, 2.75) is 26.2 Å². The van der Waals surface area contributed by atoms with Gasteiger partial charge in [-0.05, 0) is 59.7 Å². The predicted octanol–water partition coefficient (Wildman–Crippen LogP) is 3.26. The summed E-state index contributed by atoms with van der Waals surface area (Å²) in [5, 5.41) is 5.89. The van der Waals surface area contributed by atoms with Crippen LogP contribution in [0.4, 0.5) is 5.69 Å². The highest BCUT2D eigenvalue weighted by atomic mass is 32.1. The van der Waals surface area contributed by atoms with Gasteiger partial charge in [-0.15, -0.1) is 0 Å². The lowest BCUT2D eigenvalue weighted by atomic mass is 9.87. The molecule has 2 aromatic rings. The van der Waals surface area contributed by atoms with E-state index in [1.807, 2.05) is 54.6 Å². The fourth-order valence-electron chi connectivity index (χ4n) is 2.19. The van der Waals surface area contributed by atoms with Gasteiger partial charge >= 0.3 is 0 Å². The summed E-state index contributed by atoms with van der Waals surface area (Å²) >= 11 is 10.2. The summed E-state index contributed by atoms with van der Waals surface area (Å²) < 4.78 is 5.48. The fourth-order valence-corrected chi connectivity index (χ4v) is 2.53. The van der Waals surface area contributed by atoms with Crippen LogP contribution in [0.15, 0.2) is 54.6 Å². The topological polar surface area (TPSA) is 74.4 Å². The third-order valence-electron chi connectivity index (χ3n) is 3.66.